The molecule has 2 rings (SSSR count). The van der Waals surface area contributed by atoms with E-state index in [1.54, 1.807) is 0 Å². The van der Waals surface area contributed by atoms with Crippen LogP contribution in [0, 0.1) is 0 Å². The molecule has 2 aromatic rings. The number of nitrogens with one attached hydrogen (secondary N) is 1. The first-order chi connectivity index (χ1) is 10.0. The molecule has 0 fully saturated rings. The molecule has 3 N–H and O–H groups in total. The average Bonchev–Trinajstić information content (AvgIpc) is 2.53. The lowest BCUT2D eigenvalue weighted by atomic mass is 9.78. The molecule has 0 radical (unpaired) electrons. The van der Waals surface area contributed by atoms with Crippen molar-refractivity contribution in [2.24, 2.45) is 0 Å². The SMILES string of the molecule is CC(C)(c1ccccc1)c1ccc(NCC(O)CO)cc1. The van der Waals surface area contributed by atoms with Gasteiger partial charge < -0.3 is 15.5 Å². The number of benzene rings is 2. The minimum atomic E-state index is -0.731. The van der Waals surface area contributed by atoms with Gasteiger partial charge in [0.15, 0.2) is 0 Å². The van der Waals surface area contributed by atoms with Crippen LogP contribution in [-0.2, 0) is 5.41 Å². The highest BCUT2D eigenvalue weighted by molar-refractivity contribution is 5.48. The first-order valence-corrected chi connectivity index (χ1v) is 7.23. The van der Waals surface area contributed by atoms with Crippen molar-refractivity contribution in [1.29, 1.82) is 0 Å². The third kappa shape index (κ3) is 3.84. The molecule has 0 spiro atoms. The minimum Gasteiger partial charge on any atom is -0.394 e. The Bertz CT molecular complexity index is 549. The summed E-state index contributed by atoms with van der Waals surface area (Å²) in [6.07, 6.45) is -0.731. The number of aliphatic hydroxyl groups excluding tert-OH is 2. The lowest BCUT2D eigenvalue weighted by molar-refractivity contribution is 0.105. The van der Waals surface area contributed by atoms with E-state index in [2.05, 4.69) is 55.6 Å². The lowest BCUT2D eigenvalue weighted by Crippen LogP contribution is -2.23. The Hall–Kier alpha value is -1.84. The van der Waals surface area contributed by atoms with Gasteiger partial charge in [-0.2, -0.15) is 0 Å². The molecule has 0 saturated heterocycles. The number of rotatable bonds is 6. The molecule has 0 aliphatic rings. The monoisotopic (exact) mass is 285 g/mol. The van der Waals surface area contributed by atoms with Crippen molar-refractivity contribution >= 4 is 5.69 Å². The standard InChI is InChI=1S/C18H23NO2/c1-18(2,14-6-4-3-5-7-14)15-8-10-16(11-9-15)19-12-17(21)13-20/h3-11,17,19-21H,12-13H2,1-2H3. The lowest BCUT2D eigenvalue weighted by Gasteiger charge is -2.26. The molecule has 3 heteroatoms. The molecule has 0 bridgehead atoms. The molecule has 0 aliphatic heterocycles. The summed E-state index contributed by atoms with van der Waals surface area (Å²) in [5.41, 5.74) is 3.41. The Balaban J connectivity index is 2.11. The van der Waals surface area contributed by atoms with Gasteiger partial charge in [0.1, 0.15) is 0 Å². The Kier molecular flexibility index (Phi) is 4.99. The Labute approximate surface area is 126 Å². The summed E-state index contributed by atoms with van der Waals surface area (Å²) in [4.78, 5) is 0. The van der Waals surface area contributed by atoms with Gasteiger partial charge in [0, 0.05) is 17.6 Å². The van der Waals surface area contributed by atoms with E-state index in [1.807, 2.05) is 18.2 Å². The molecule has 1 atom stereocenters. The highest BCUT2D eigenvalue weighted by Crippen LogP contribution is 2.31. The van der Waals surface area contributed by atoms with Crippen LogP contribution in [0.25, 0.3) is 0 Å². The van der Waals surface area contributed by atoms with Crippen molar-refractivity contribution in [1.82, 2.24) is 0 Å². The van der Waals surface area contributed by atoms with E-state index < -0.39 is 6.10 Å². The topological polar surface area (TPSA) is 52.5 Å². The maximum absolute atomic E-state index is 9.34. The predicted octanol–water partition coefficient (Wildman–Crippen LogP) is 2.78. The molecule has 0 heterocycles. The normalized spacial score (nSPS) is 13.0. The molecule has 0 aromatic heterocycles. The van der Waals surface area contributed by atoms with E-state index in [-0.39, 0.29) is 12.0 Å². The number of anilines is 1. The molecule has 0 saturated carbocycles. The summed E-state index contributed by atoms with van der Waals surface area (Å²) in [6, 6.07) is 18.6. The van der Waals surface area contributed by atoms with E-state index in [4.69, 9.17) is 5.11 Å². The maximum atomic E-state index is 9.34. The predicted molar refractivity (Wildman–Crippen MR) is 86.6 cm³/mol. The molecular weight excluding hydrogens is 262 g/mol. The molecule has 1 unspecified atom stereocenters. The zero-order chi connectivity index (χ0) is 15.3. The van der Waals surface area contributed by atoms with Gasteiger partial charge in [-0.15, -0.1) is 0 Å². The number of hydrogen-bond donors (Lipinski definition) is 3. The summed E-state index contributed by atoms with van der Waals surface area (Å²) in [5, 5.41) is 21.2. The van der Waals surface area contributed by atoms with Crippen LogP contribution in [0.15, 0.2) is 54.6 Å². The van der Waals surface area contributed by atoms with Crippen LogP contribution in [0.3, 0.4) is 0 Å². The van der Waals surface area contributed by atoms with Crippen molar-refractivity contribution in [3.8, 4) is 0 Å². The van der Waals surface area contributed by atoms with Gasteiger partial charge in [-0.25, -0.2) is 0 Å². The second-order valence-electron chi connectivity index (χ2n) is 5.79. The summed E-state index contributed by atoms with van der Waals surface area (Å²) < 4.78 is 0. The summed E-state index contributed by atoms with van der Waals surface area (Å²) >= 11 is 0. The fraction of sp³-hybridized carbons (Fsp3) is 0.333. The Morgan fingerprint density at radius 1 is 0.952 bits per heavy atom. The maximum Gasteiger partial charge on any atom is 0.0942 e. The van der Waals surface area contributed by atoms with Crippen molar-refractivity contribution in [3.63, 3.8) is 0 Å². The van der Waals surface area contributed by atoms with Gasteiger partial charge in [-0.3, -0.25) is 0 Å². The third-order valence-corrected chi connectivity index (χ3v) is 3.85. The first-order valence-electron chi connectivity index (χ1n) is 7.23. The van der Waals surface area contributed by atoms with Gasteiger partial charge in [0.05, 0.1) is 12.7 Å². The van der Waals surface area contributed by atoms with Crippen LogP contribution in [-0.4, -0.2) is 29.5 Å². The smallest absolute Gasteiger partial charge is 0.0942 e. The Morgan fingerprint density at radius 2 is 1.52 bits per heavy atom. The zero-order valence-corrected chi connectivity index (χ0v) is 12.6. The third-order valence-electron chi connectivity index (χ3n) is 3.85. The van der Waals surface area contributed by atoms with Crippen molar-refractivity contribution in [2.45, 2.75) is 25.4 Å². The van der Waals surface area contributed by atoms with Crippen LogP contribution >= 0.6 is 0 Å². The van der Waals surface area contributed by atoms with Crippen LogP contribution in [0.5, 0.6) is 0 Å². The van der Waals surface area contributed by atoms with Gasteiger partial charge in [0.25, 0.3) is 0 Å². The fourth-order valence-electron chi connectivity index (χ4n) is 2.33. The zero-order valence-electron chi connectivity index (χ0n) is 12.6. The van der Waals surface area contributed by atoms with Crippen LogP contribution in [0.4, 0.5) is 5.69 Å². The Morgan fingerprint density at radius 3 is 2.10 bits per heavy atom. The minimum absolute atomic E-state index is 0.0512. The molecular formula is C18H23NO2. The molecule has 21 heavy (non-hydrogen) atoms. The molecule has 0 aliphatic carbocycles. The highest BCUT2D eigenvalue weighted by Gasteiger charge is 2.22. The van der Waals surface area contributed by atoms with Crippen LogP contribution in [0.1, 0.15) is 25.0 Å². The molecule has 2 aromatic carbocycles. The van der Waals surface area contributed by atoms with Gasteiger partial charge in [-0.05, 0) is 23.3 Å². The largest absolute Gasteiger partial charge is 0.394 e. The molecule has 3 nitrogen and oxygen atoms in total. The second kappa shape index (κ2) is 6.74. The molecule has 112 valence electrons. The van der Waals surface area contributed by atoms with E-state index in [0.29, 0.717) is 6.54 Å². The number of hydrogen-bond acceptors (Lipinski definition) is 3. The first kappa shape index (κ1) is 15.5. The second-order valence-corrected chi connectivity index (χ2v) is 5.79. The van der Waals surface area contributed by atoms with Crippen molar-refractivity contribution in [3.05, 3.63) is 65.7 Å². The van der Waals surface area contributed by atoms with Crippen molar-refractivity contribution in [2.75, 3.05) is 18.5 Å². The summed E-state index contributed by atoms with van der Waals surface area (Å²) in [6.45, 7) is 4.53. The summed E-state index contributed by atoms with van der Waals surface area (Å²) in [5.74, 6) is 0. The van der Waals surface area contributed by atoms with E-state index >= 15 is 0 Å². The van der Waals surface area contributed by atoms with E-state index in [0.717, 1.165) is 5.69 Å². The van der Waals surface area contributed by atoms with Gasteiger partial charge in [0.2, 0.25) is 0 Å². The van der Waals surface area contributed by atoms with Crippen LogP contribution in [0.2, 0.25) is 0 Å². The van der Waals surface area contributed by atoms with Gasteiger partial charge in [-0.1, -0.05) is 56.3 Å². The quantitative estimate of drug-likeness (QED) is 0.765. The van der Waals surface area contributed by atoms with Crippen molar-refractivity contribution < 1.29 is 10.2 Å². The van der Waals surface area contributed by atoms with Crippen LogP contribution < -0.4 is 5.32 Å². The highest BCUT2D eigenvalue weighted by atomic mass is 16.3. The van der Waals surface area contributed by atoms with E-state index in [9.17, 15) is 5.11 Å². The number of aliphatic hydroxyl groups is 2. The average molecular weight is 285 g/mol. The van der Waals surface area contributed by atoms with E-state index in [1.165, 1.54) is 11.1 Å². The molecule has 0 amide bonds. The summed E-state index contributed by atoms with van der Waals surface area (Å²) in [7, 11) is 0. The fourth-order valence-corrected chi connectivity index (χ4v) is 2.33. The van der Waals surface area contributed by atoms with Gasteiger partial charge >= 0.3 is 0 Å².